The number of ether oxygens (including phenoxy) is 5. The summed E-state index contributed by atoms with van der Waals surface area (Å²) in [4.78, 5) is 13.1. The van der Waals surface area contributed by atoms with Gasteiger partial charge in [-0.1, -0.05) is 23.8 Å². The molecule has 0 bridgehead atoms. The highest BCUT2D eigenvalue weighted by atomic mass is 16.5. The van der Waals surface area contributed by atoms with E-state index in [1.165, 1.54) is 11.1 Å². The second-order valence-corrected chi connectivity index (χ2v) is 8.17. The van der Waals surface area contributed by atoms with Crippen LogP contribution in [0.2, 0.25) is 0 Å². The number of hydrogen-bond donors (Lipinski definition) is 0. The molecule has 6 heteroatoms. The molecule has 0 saturated heterocycles. The van der Waals surface area contributed by atoms with Crippen LogP contribution in [0.4, 0.5) is 0 Å². The molecular weight excluding hydrogens is 432 g/mol. The zero-order chi connectivity index (χ0) is 24.4. The van der Waals surface area contributed by atoms with E-state index in [1.54, 1.807) is 45.6 Å². The third-order valence-electron chi connectivity index (χ3n) is 5.95. The van der Waals surface area contributed by atoms with Gasteiger partial charge in [-0.3, -0.25) is 4.79 Å². The Morgan fingerprint density at radius 3 is 2.24 bits per heavy atom. The van der Waals surface area contributed by atoms with Crippen molar-refractivity contribution >= 4 is 11.9 Å². The Labute approximate surface area is 199 Å². The summed E-state index contributed by atoms with van der Waals surface area (Å²) in [6, 6.07) is 13.3. The smallest absolute Gasteiger partial charge is 0.231 e. The molecule has 3 aromatic rings. The van der Waals surface area contributed by atoms with Crippen LogP contribution in [-0.2, 0) is 6.61 Å². The highest BCUT2D eigenvalue weighted by Crippen LogP contribution is 2.41. The first-order valence-electron chi connectivity index (χ1n) is 10.9. The quantitative estimate of drug-likeness (QED) is 0.413. The Morgan fingerprint density at radius 1 is 0.824 bits per heavy atom. The summed E-state index contributed by atoms with van der Waals surface area (Å²) in [6.45, 7) is 6.45. The summed E-state index contributed by atoms with van der Waals surface area (Å²) in [6.07, 6.45) is 1.65. The van der Waals surface area contributed by atoms with Crippen LogP contribution in [0.1, 0.15) is 38.2 Å². The van der Waals surface area contributed by atoms with E-state index < -0.39 is 0 Å². The number of carbonyl (C=O) groups is 1. The maximum atomic E-state index is 13.1. The number of fused-ring (bicyclic) bond motifs is 1. The Balaban J connectivity index is 1.63. The summed E-state index contributed by atoms with van der Waals surface area (Å²) in [5, 5.41) is 0. The van der Waals surface area contributed by atoms with E-state index >= 15 is 0 Å². The fourth-order valence-electron chi connectivity index (χ4n) is 3.94. The fraction of sp³-hybridized carbons (Fsp3) is 0.250. The van der Waals surface area contributed by atoms with E-state index in [4.69, 9.17) is 23.7 Å². The number of carbonyl (C=O) groups excluding carboxylic acids is 1. The highest BCUT2D eigenvalue weighted by molar-refractivity contribution is 6.15. The number of hydrogen-bond acceptors (Lipinski definition) is 6. The first-order chi connectivity index (χ1) is 16.4. The molecule has 176 valence electrons. The van der Waals surface area contributed by atoms with Crippen molar-refractivity contribution in [1.82, 2.24) is 0 Å². The molecule has 1 heterocycles. The molecule has 0 spiro atoms. The van der Waals surface area contributed by atoms with E-state index in [-0.39, 0.29) is 11.5 Å². The van der Waals surface area contributed by atoms with Crippen LogP contribution in [0.3, 0.4) is 0 Å². The Kier molecular flexibility index (Phi) is 6.50. The minimum absolute atomic E-state index is 0.198. The molecule has 0 fully saturated rings. The molecule has 0 amide bonds. The van der Waals surface area contributed by atoms with Gasteiger partial charge in [-0.15, -0.1) is 0 Å². The maximum Gasteiger partial charge on any atom is 0.231 e. The average Bonchev–Trinajstić information content (AvgIpc) is 3.16. The largest absolute Gasteiger partial charge is 0.496 e. The van der Waals surface area contributed by atoms with Crippen molar-refractivity contribution in [3.63, 3.8) is 0 Å². The lowest BCUT2D eigenvalue weighted by Gasteiger charge is -2.13. The van der Waals surface area contributed by atoms with Gasteiger partial charge in [-0.25, -0.2) is 0 Å². The van der Waals surface area contributed by atoms with Crippen molar-refractivity contribution in [1.29, 1.82) is 0 Å². The van der Waals surface area contributed by atoms with Crippen LogP contribution < -0.4 is 23.7 Å². The van der Waals surface area contributed by atoms with E-state index in [9.17, 15) is 4.79 Å². The van der Waals surface area contributed by atoms with Crippen molar-refractivity contribution in [2.45, 2.75) is 27.4 Å². The third-order valence-corrected chi connectivity index (χ3v) is 5.95. The van der Waals surface area contributed by atoms with Gasteiger partial charge in [0.05, 0.1) is 26.9 Å². The molecule has 1 aliphatic rings. The second kappa shape index (κ2) is 9.51. The van der Waals surface area contributed by atoms with Crippen molar-refractivity contribution in [2.24, 2.45) is 0 Å². The highest BCUT2D eigenvalue weighted by Gasteiger charge is 2.30. The van der Waals surface area contributed by atoms with Gasteiger partial charge in [0, 0.05) is 17.2 Å². The third kappa shape index (κ3) is 4.31. The summed E-state index contributed by atoms with van der Waals surface area (Å²) in [5.74, 6) is 2.78. The van der Waals surface area contributed by atoms with E-state index in [1.807, 2.05) is 13.0 Å². The topological polar surface area (TPSA) is 63.2 Å². The zero-order valence-corrected chi connectivity index (χ0v) is 20.3. The first kappa shape index (κ1) is 23.2. The lowest BCUT2D eigenvalue weighted by Crippen LogP contribution is -2.00. The predicted molar refractivity (Wildman–Crippen MR) is 130 cm³/mol. The molecular formula is C28H28O6. The first-order valence-corrected chi connectivity index (χ1v) is 10.9. The molecule has 0 aromatic heterocycles. The number of benzene rings is 3. The van der Waals surface area contributed by atoms with E-state index in [2.05, 4.69) is 32.0 Å². The van der Waals surface area contributed by atoms with Crippen molar-refractivity contribution in [2.75, 3.05) is 21.3 Å². The van der Waals surface area contributed by atoms with Gasteiger partial charge in [-0.05, 0) is 56.2 Å². The second-order valence-electron chi connectivity index (χ2n) is 8.17. The summed E-state index contributed by atoms with van der Waals surface area (Å²) in [7, 11) is 4.66. The molecule has 6 nitrogen and oxygen atoms in total. The monoisotopic (exact) mass is 460 g/mol. The average molecular weight is 461 g/mol. The fourth-order valence-corrected chi connectivity index (χ4v) is 3.94. The zero-order valence-electron chi connectivity index (χ0n) is 20.3. The summed E-state index contributed by atoms with van der Waals surface area (Å²) >= 11 is 0. The number of rotatable bonds is 7. The molecule has 0 aliphatic carbocycles. The Morgan fingerprint density at radius 2 is 1.53 bits per heavy atom. The number of Topliss-reactive ketones (excluding diaryl/α,β-unsaturated/α-hetero) is 1. The van der Waals surface area contributed by atoms with Crippen LogP contribution in [0.5, 0.6) is 28.7 Å². The number of allylic oxidation sites excluding steroid dienone is 1. The number of aryl methyl sites for hydroxylation is 2. The normalized spacial score (nSPS) is 13.5. The molecule has 0 unspecified atom stereocenters. The van der Waals surface area contributed by atoms with Crippen molar-refractivity contribution in [3.8, 4) is 28.7 Å². The SMILES string of the molecule is COc1cc(OC)c(OC)cc1/C=C1\Oc2c(ccc(OCc3cc(C)ccc3C)c2C)C1=O. The number of ketones is 1. The van der Waals surface area contributed by atoms with E-state index in [0.29, 0.717) is 46.5 Å². The van der Waals surface area contributed by atoms with Gasteiger partial charge in [-0.2, -0.15) is 0 Å². The molecule has 4 rings (SSSR count). The molecule has 0 atom stereocenters. The molecule has 0 radical (unpaired) electrons. The molecule has 1 aliphatic heterocycles. The molecule has 0 N–H and O–H groups in total. The van der Waals surface area contributed by atoms with Gasteiger partial charge < -0.3 is 23.7 Å². The van der Waals surface area contributed by atoms with Gasteiger partial charge in [0.15, 0.2) is 17.3 Å². The van der Waals surface area contributed by atoms with Crippen molar-refractivity contribution < 1.29 is 28.5 Å². The summed E-state index contributed by atoms with van der Waals surface area (Å²) < 4.78 is 28.3. The minimum atomic E-state index is -0.198. The van der Waals surface area contributed by atoms with E-state index in [0.717, 1.165) is 11.1 Å². The van der Waals surface area contributed by atoms with Crippen LogP contribution >= 0.6 is 0 Å². The lowest BCUT2D eigenvalue weighted by atomic mass is 10.0. The van der Waals surface area contributed by atoms with Gasteiger partial charge in [0.25, 0.3) is 0 Å². The van der Waals surface area contributed by atoms with Gasteiger partial charge >= 0.3 is 0 Å². The van der Waals surface area contributed by atoms with Crippen LogP contribution in [0.15, 0.2) is 48.2 Å². The van der Waals surface area contributed by atoms with Gasteiger partial charge in [0.1, 0.15) is 23.9 Å². The lowest BCUT2D eigenvalue weighted by molar-refractivity contribution is 0.101. The van der Waals surface area contributed by atoms with Gasteiger partial charge in [0.2, 0.25) is 5.78 Å². The Hall–Kier alpha value is -3.93. The molecule has 34 heavy (non-hydrogen) atoms. The molecule has 3 aromatic carbocycles. The standard InChI is InChI=1S/C28H28O6/c1-16-7-8-17(2)20(11-16)15-33-22-10-9-21-27(29)26(34-28(21)18(22)3)13-19-12-24(31-5)25(32-6)14-23(19)30-4/h7-14H,15H2,1-6H3/b26-13-. The van der Waals surface area contributed by atoms with Crippen molar-refractivity contribution in [3.05, 3.63) is 81.6 Å². The Bertz CT molecular complexity index is 1290. The predicted octanol–water partition coefficient (Wildman–Crippen LogP) is 5.83. The summed E-state index contributed by atoms with van der Waals surface area (Å²) in [5.41, 5.74) is 5.40. The molecule has 0 saturated carbocycles. The van der Waals surface area contributed by atoms with Crippen LogP contribution in [-0.4, -0.2) is 27.1 Å². The minimum Gasteiger partial charge on any atom is -0.496 e. The van der Waals surface area contributed by atoms with Crippen LogP contribution in [0, 0.1) is 20.8 Å². The number of methoxy groups -OCH3 is 3. The maximum absolute atomic E-state index is 13.1. The van der Waals surface area contributed by atoms with Crippen LogP contribution in [0.25, 0.3) is 6.08 Å².